The standard InChI is InChI=1S/C17H26BrFN2/c1-4-20-16(13-9-8-10-14(18)15(13)19)17(21(2)3)11-6-5-7-12-17/h8-10,16,20H,4-7,11-12H2,1-3H3. The summed E-state index contributed by atoms with van der Waals surface area (Å²) in [7, 11) is 4.26. The van der Waals surface area contributed by atoms with E-state index >= 15 is 0 Å². The molecule has 0 radical (unpaired) electrons. The fourth-order valence-corrected chi connectivity index (χ4v) is 4.08. The Kier molecular flexibility index (Phi) is 5.81. The zero-order chi connectivity index (χ0) is 15.5. The molecule has 2 nitrogen and oxygen atoms in total. The molecule has 118 valence electrons. The molecule has 0 heterocycles. The van der Waals surface area contributed by atoms with Crippen LogP contribution in [0.3, 0.4) is 0 Å². The Hall–Kier alpha value is -0.450. The summed E-state index contributed by atoms with van der Waals surface area (Å²) in [5.74, 6) is -0.129. The second-order valence-corrected chi connectivity index (χ2v) is 7.05. The van der Waals surface area contributed by atoms with Gasteiger partial charge in [0.25, 0.3) is 0 Å². The molecule has 1 fully saturated rings. The maximum absolute atomic E-state index is 14.7. The third-order valence-corrected chi connectivity index (χ3v) is 5.46. The Morgan fingerprint density at radius 2 is 1.95 bits per heavy atom. The highest BCUT2D eigenvalue weighted by Crippen LogP contribution is 2.43. The van der Waals surface area contributed by atoms with Gasteiger partial charge in [0, 0.05) is 11.1 Å². The molecule has 0 bridgehead atoms. The van der Waals surface area contributed by atoms with Crippen LogP contribution in [0.2, 0.25) is 0 Å². The fraction of sp³-hybridized carbons (Fsp3) is 0.647. The van der Waals surface area contributed by atoms with Crippen LogP contribution in [0.4, 0.5) is 4.39 Å². The molecular weight excluding hydrogens is 331 g/mol. The second-order valence-electron chi connectivity index (χ2n) is 6.19. The van der Waals surface area contributed by atoms with Crippen LogP contribution in [-0.2, 0) is 0 Å². The summed E-state index contributed by atoms with van der Waals surface area (Å²) in [5.41, 5.74) is 0.775. The summed E-state index contributed by atoms with van der Waals surface area (Å²) < 4.78 is 15.2. The molecule has 0 aromatic heterocycles. The predicted molar refractivity (Wildman–Crippen MR) is 90.0 cm³/mol. The van der Waals surface area contributed by atoms with E-state index in [2.05, 4.69) is 47.2 Å². The molecule has 1 aromatic carbocycles. The molecule has 1 atom stereocenters. The van der Waals surface area contributed by atoms with Gasteiger partial charge >= 0.3 is 0 Å². The van der Waals surface area contributed by atoms with Gasteiger partial charge in [-0.2, -0.15) is 0 Å². The van der Waals surface area contributed by atoms with Gasteiger partial charge in [0.1, 0.15) is 5.82 Å². The average Bonchev–Trinajstić information content (AvgIpc) is 2.48. The Morgan fingerprint density at radius 1 is 1.29 bits per heavy atom. The van der Waals surface area contributed by atoms with E-state index in [4.69, 9.17) is 0 Å². The van der Waals surface area contributed by atoms with Gasteiger partial charge in [0.05, 0.1) is 10.5 Å². The summed E-state index contributed by atoms with van der Waals surface area (Å²) in [6, 6.07) is 5.65. The number of hydrogen-bond acceptors (Lipinski definition) is 2. The van der Waals surface area contributed by atoms with Crippen LogP contribution in [0.25, 0.3) is 0 Å². The Morgan fingerprint density at radius 3 is 2.52 bits per heavy atom. The van der Waals surface area contributed by atoms with Crippen molar-refractivity contribution >= 4 is 15.9 Å². The van der Waals surface area contributed by atoms with Gasteiger partial charge in [-0.05, 0) is 55.5 Å². The summed E-state index contributed by atoms with van der Waals surface area (Å²) in [5, 5.41) is 3.56. The van der Waals surface area contributed by atoms with Crippen LogP contribution >= 0.6 is 15.9 Å². The lowest BCUT2D eigenvalue weighted by Crippen LogP contribution is -2.55. The summed E-state index contributed by atoms with van der Waals surface area (Å²) >= 11 is 3.33. The van der Waals surface area contributed by atoms with Crippen molar-refractivity contribution in [3.8, 4) is 0 Å². The van der Waals surface area contributed by atoms with Crippen LogP contribution < -0.4 is 5.32 Å². The topological polar surface area (TPSA) is 15.3 Å². The summed E-state index contributed by atoms with van der Waals surface area (Å²) in [6.07, 6.45) is 5.95. The number of benzene rings is 1. The van der Waals surface area contributed by atoms with Gasteiger partial charge in [-0.25, -0.2) is 4.39 Å². The SMILES string of the molecule is CCNC(c1cccc(Br)c1F)C1(N(C)C)CCCCC1. The maximum Gasteiger partial charge on any atom is 0.142 e. The molecule has 4 heteroatoms. The lowest BCUT2D eigenvalue weighted by atomic mass is 9.73. The minimum atomic E-state index is -0.129. The molecule has 21 heavy (non-hydrogen) atoms. The molecule has 2 rings (SSSR count). The Balaban J connectivity index is 2.47. The van der Waals surface area contributed by atoms with Crippen molar-refractivity contribution in [3.05, 3.63) is 34.1 Å². The first kappa shape index (κ1) is 16.9. The molecule has 1 aliphatic carbocycles. The van der Waals surface area contributed by atoms with E-state index in [1.807, 2.05) is 12.1 Å². The maximum atomic E-state index is 14.7. The molecule has 1 N–H and O–H groups in total. The number of halogens is 2. The molecule has 1 unspecified atom stereocenters. The predicted octanol–water partition coefficient (Wildman–Crippen LogP) is 4.50. The summed E-state index contributed by atoms with van der Waals surface area (Å²) in [6.45, 7) is 2.93. The van der Waals surface area contributed by atoms with Crippen LogP contribution in [0.5, 0.6) is 0 Å². The lowest BCUT2D eigenvalue weighted by Gasteiger charge is -2.49. The molecule has 0 saturated heterocycles. The number of hydrogen-bond donors (Lipinski definition) is 1. The van der Waals surface area contributed by atoms with Crippen molar-refractivity contribution in [3.63, 3.8) is 0 Å². The van der Waals surface area contributed by atoms with Gasteiger partial charge in [0.15, 0.2) is 0 Å². The summed E-state index contributed by atoms with van der Waals surface area (Å²) in [4.78, 5) is 2.31. The zero-order valence-electron chi connectivity index (χ0n) is 13.3. The lowest BCUT2D eigenvalue weighted by molar-refractivity contribution is 0.0556. The number of likely N-dealkylation sites (N-methyl/N-ethyl adjacent to an activating group) is 2. The quantitative estimate of drug-likeness (QED) is 0.835. The van der Waals surface area contributed by atoms with Gasteiger partial charge in [-0.1, -0.05) is 38.3 Å². The van der Waals surface area contributed by atoms with Crippen molar-refractivity contribution in [2.45, 2.75) is 50.6 Å². The van der Waals surface area contributed by atoms with E-state index in [0.29, 0.717) is 4.47 Å². The van der Waals surface area contributed by atoms with Crippen LogP contribution in [0.15, 0.2) is 22.7 Å². The second kappa shape index (κ2) is 7.21. The first-order valence-electron chi connectivity index (χ1n) is 7.87. The van der Waals surface area contributed by atoms with Crippen LogP contribution in [0, 0.1) is 5.82 Å². The number of rotatable bonds is 5. The third-order valence-electron chi connectivity index (χ3n) is 4.85. The smallest absolute Gasteiger partial charge is 0.142 e. The number of nitrogens with one attached hydrogen (secondary N) is 1. The first-order valence-corrected chi connectivity index (χ1v) is 8.67. The normalized spacial score (nSPS) is 19.7. The molecule has 1 saturated carbocycles. The highest BCUT2D eigenvalue weighted by atomic mass is 79.9. The van der Waals surface area contributed by atoms with E-state index in [9.17, 15) is 4.39 Å². The van der Waals surface area contributed by atoms with Gasteiger partial charge in [-0.3, -0.25) is 0 Å². The van der Waals surface area contributed by atoms with Crippen molar-refractivity contribution in [1.29, 1.82) is 0 Å². The van der Waals surface area contributed by atoms with Gasteiger partial charge < -0.3 is 10.2 Å². The average molecular weight is 357 g/mol. The Bertz CT molecular complexity index is 470. The van der Waals surface area contributed by atoms with E-state index in [1.54, 1.807) is 6.07 Å². The molecule has 0 spiro atoms. The van der Waals surface area contributed by atoms with Crippen LogP contribution in [0.1, 0.15) is 50.6 Å². The minimum Gasteiger partial charge on any atom is -0.309 e. The molecule has 1 aliphatic rings. The monoisotopic (exact) mass is 356 g/mol. The fourth-order valence-electron chi connectivity index (χ4n) is 3.70. The largest absolute Gasteiger partial charge is 0.309 e. The van der Waals surface area contributed by atoms with Crippen molar-refractivity contribution in [2.75, 3.05) is 20.6 Å². The third kappa shape index (κ3) is 3.33. The molecule has 0 amide bonds. The highest BCUT2D eigenvalue weighted by molar-refractivity contribution is 9.10. The van der Waals surface area contributed by atoms with E-state index in [0.717, 1.165) is 24.9 Å². The molecule has 0 aliphatic heterocycles. The minimum absolute atomic E-state index is 0.00407. The van der Waals surface area contributed by atoms with E-state index < -0.39 is 0 Å². The number of nitrogens with zero attached hydrogens (tertiary/aromatic N) is 1. The van der Waals surface area contributed by atoms with E-state index in [-0.39, 0.29) is 17.4 Å². The molecular formula is C17H26BrFN2. The first-order chi connectivity index (χ1) is 10.0. The van der Waals surface area contributed by atoms with Crippen molar-refractivity contribution < 1.29 is 4.39 Å². The van der Waals surface area contributed by atoms with Crippen molar-refractivity contribution in [1.82, 2.24) is 10.2 Å². The van der Waals surface area contributed by atoms with Crippen molar-refractivity contribution in [2.24, 2.45) is 0 Å². The van der Waals surface area contributed by atoms with Crippen LogP contribution in [-0.4, -0.2) is 31.1 Å². The van der Waals surface area contributed by atoms with Gasteiger partial charge in [0.2, 0.25) is 0 Å². The Labute approximate surface area is 136 Å². The van der Waals surface area contributed by atoms with Gasteiger partial charge in [-0.15, -0.1) is 0 Å². The highest BCUT2D eigenvalue weighted by Gasteiger charge is 2.43. The van der Waals surface area contributed by atoms with E-state index in [1.165, 1.54) is 19.3 Å². The molecule has 1 aromatic rings. The zero-order valence-corrected chi connectivity index (χ0v) is 14.8.